The molecule has 3 aliphatic rings. The van der Waals surface area contributed by atoms with Gasteiger partial charge in [0, 0.05) is 67.9 Å². The fraction of sp³-hybridized carbons (Fsp3) is 0.432. The van der Waals surface area contributed by atoms with Crippen LogP contribution in [0.15, 0.2) is 82.6 Å². The molecule has 0 amide bonds. The lowest BCUT2D eigenvalue weighted by atomic mass is 10.1. The summed E-state index contributed by atoms with van der Waals surface area (Å²) in [4.78, 5) is 38.5. The average molecular weight is 836 g/mol. The van der Waals surface area contributed by atoms with Crippen molar-refractivity contribution in [3.63, 3.8) is 0 Å². The highest BCUT2D eigenvalue weighted by Crippen LogP contribution is 2.52. The molecule has 6 rings (SSSR count). The van der Waals surface area contributed by atoms with Gasteiger partial charge in [-0.1, -0.05) is 60.3 Å². The number of benzene rings is 3. The van der Waals surface area contributed by atoms with Gasteiger partial charge in [-0.3, -0.25) is 9.69 Å². The number of esters is 1. The molecule has 2 heterocycles. The average Bonchev–Trinajstić information content (AvgIpc) is 3.87. The van der Waals surface area contributed by atoms with Gasteiger partial charge in [0.05, 0.1) is 16.9 Å². The first-order chi connectivity index (χ1) is 25.2. The highest BCUT2D eigenvalue weighted by molar-refractivity contribution is 7.99. The largest absolute Gasteiger partial charge is 0.479 e. The number of alkyl halides is 3. The number of piperazine rings is 1. The molecule has 0 aromatic heterocycles. The summed E-state index contributed by atoms with van der Waals surface area (Å²) in [7, 11) is 0. The molecule has 0 radical (unpaired) electrons. The van der Waals surface area contributed by atoms with Gasteiger partial charge in [0.25, 0.3) is 0 Å². The number of ether oxygens (including phenoxy) is 1. The summed E-state index contributed by atoms with van der Waals surface area (Å²) in [5.41, 5.74) is 7.62. The van der Waals surface area contributed by atoms with Crippen LogP contribution in [0.5, 0.6) is 0 Å². The number of fused-ring (bicyclic) bond motifs is 2. The Balaban J connectivity index is 0.000000388. The van der Waals surface area contributed by atoms with Crippen molar-refractivity contribution in [3.8, 4) is 0 Å². The number of hydrogen-bond donors (Lipinski definition) is 5. The number of carbonyl (C=O) groups is 3. The number of carboxylic acids is 2. The number of carboxylic acid groups (broad SMARTS) is 2. The van der Waals surface area contributed by atoms with Crippen molar-refractivity contribution in [2.45, 2.75) is 59.9 Å². The Bertz CT molecular complexity index is 1670. The van der Waals surface area contributed by atoms with Gasteiger partial charge in [0.1, 0.15) is 6.61 Å². The number of nitrogens with zero attached hydrogens (tertiary/aromatic N) is 3. The van der Waals surface area contributed by atoms with E-state index in [0.29, 0.717) is 30.0 Å². The smallest absolute Gasteiger partial charge is 0.418 e. The maximum atomic E-state index is 13.8. The SMILES string of the molecule is CC(=O)OCCN1CCN(CCCN2c3ccccc3Sc3cccc(C(F)(F)F)c32)CC1.Cl.Cl.NC1CC1c1ccccc1.O=C(O)C(O)C(O)C(=O)O. The monoisotopic (exact) mass is 834 g/mol. The van der Waals surface area contributed by atoms with Crippen LogP contribution in [0.1, 0.15) is 36.8 Å². The van der Waals surface area contributed by atoms with Crippen LogP contribution in [0.2, 0.25) is 0 Å². The second-order valence-corrected chi connectivity index (χ2v) is 13.8. The summed E-state index contributed by atoms with van der Waals surface area (Å²) >= 11 is 1.40. The molecule has 3 aromatic rings. The predicted octanol–water partition coefficient (Wildman–Crippen LogP) is 5.10. The minimum atomic E-state index is -4.40. The Kier molecular flexibility index (Phi) is 19.2. The minimum absolute atomic E-state index is 0. The van der Waals surface area contributed by atoms with E-state index >= 15 is 0 Å². The number of para-hydroxylation sites is 2. The second kappa shape index (κ2) is 22.2. The van der Waals surface area contributed by atoms with Crippen molar-refractivity contribution < 1.29 is 52.7 Å². The molecule has 0 spiro atoms. The third-order valence-electron chi connectivity index (χ3n) is 8.86. The molecule has 0 bridgehead atoms. The lowest BCUT2D eigenvalue weighted by Crippen LogP contribution is -2.47. The van der Waals surface area contributed by atoms with Crippen molar-refractivity contribution in [1.82, 2.24) is 9.80 Å². The van der Waals surface area contributed by atoms with Crippen LogP contribution < -0.4 is 10.6 Å². The van der Waals surface area contributed by atoms with E-state index < -0.39 is 35.9 Å². The molecule has 2 aliphatic heterocycles. The quantitative estimate of drug-likeness (QED) is 0.162. The third kappa shape index (κ3) is 14.1. The Hall–Kier alpha value is -3.61. The molecule has 18 heteroatoms. The summed E-state index contributed by atoms with van der Waals surface area (Å²) in [6, 6.07) is 23.0. The number of anilines is 2. The topological polar surface area (TPSA) is 177 Å². The highest BCUT2D eigenvalue weighted by Gasteiger charge is 2.38. The maximum absolute atomic E-state index is 13.8. The van der Waals surface area contributed by atoms with E-state index in [2.05, 4.69) is 34.1 Å². The van der Waals surface area contributed by atoms with E-state index in [1.807, 2.05) is 35.2 Å². The van der Waals surface area contributed by atoms with Crippen molar-refractivity contribution in [2.75, 3.05) is 57.3 Å². The Morgan fingerprint density at radius 2 is 1.35 bits per heavy atom. The summed E-state index contributed by atoms with van der Waals surface area (Å²) in [5.74, 6) is -3.15. The third-order valence-corrected chi connectivity index (χ3v) is 9.97. The fourth-order valence-electron chi connectivity index (χ4n) is 5.93. The number of aliphatic hydroxyl groups is 2. The fourth-order valence-corrected chi connectivity index (χ4v) is 7.05. The van der Waals surface area contributed by atoms with Gasteiger partial charge in [0.15, 0.2) is 12.2 Å². The number of hydrogen-bond acceptors (Lipinski definition) is 11. The van der Waals surface area contributed by atoms with Gasteiger partial charge in [-0.15, -0.1) is 24.8 Å². The maximum Gasteiger partial charge on any atom is 0.418 e. The number of halogens is 5. The van der Waals surface area contributed by atoms with Crippen molar-refractivity contribution in [2.24, 2.45) is 5.73 Å². The zero-order valence-corrected chi connectivity index (χ0v) is 32.5. The zero-order valence-electron chi connectivity index (χ0n) is 30.0. The van der Waals surface area contributed by atoms with Crippen LogP contribution in [0.4, 0.5) is 24.5 Å². The molecule has 3 aromatic carbocycles. The van der Waals surface area contributed by atoms with Crippen molar-refractivity contribution in [1.29, 1.82) is 0 Å². The first kappa shape index (κ1) is 47.5. The molecule has 304 valence electrons. The van der Waals surface area contributed by atoms with E-state index in [9.17, 15) is 27.6 Å². The molecule has 4 atom stereocenters. The first-order valence-corrected chi connectivity index (χ1v) is 17.9. The second-order valence-electron chi connectivity index (χ2n) is 12.7. The lowest BCUT2D eigenvalue weighted by Gasteiger charge is -2.37. The highest BCUT2D eigenvalue weighted by atomic mass is 35.5. The number of aliphatic hydroxyl groups excluding tert-OH is 2. The normalized spacial score (nSPS) is 18.5. The van der Waals surface area contributed by atoms with Crippen molar-refractivity contribution in [3.05, 3.63) is 83.9 Å². The molecule has 2 fully saturated rings. The minimum Gasteiger partial charge on any atom is -0.479 e. The van der Waals surface area contributed by atoms with Gasteiger partial charge >= 0.3 is 24.1 Å². The number of carbonyl (C=O) groups excluding carboxylic acids is 1. The standard InChI is InChI=1S/C24H28F3N3O2S.C9H11N.C4H6O6.2ClH/c1-18(31)32-17-16-29-14-12-28(13-15-29)10-5-11-30-20-7-2-3-8-21(20)33-22-9-4-6-19(23(22)30)24(25,26)27;10-9-6-8(9)7-4-2-1-3-5-7;5-1(3(7)8)2(6)4(9)10;;/h2-4,6-9H,5,10-17H2,1H3;1-5,8-9H,6,10H2;1-2,5-6H,(H,7,8)(H,9,10);2*1H. The Morgan fingerprint density at radius 1 is 0.818 bits per heavy atom. The molecule has 1 saturated carbocycles. The predicted molar refractivity (Wildman–Crippen MR) is 207 cm³/mol. The molecule has 1 aliphatic carbocycles. The number of rotatable bonds is 11. The van der Waals surface area contributed by atoms with Gasteiger partial charge in [-0.05, 0) is 49.2 Å². The van der Waals surface area contributed by atoms with Gasteiger partial charge in [0.2, 0.25) is 0 Å². The van der Waals surface area contributed by atoms with Crippen molar-refractivity contribution >= 4 is 65.9 Å². The molecule has 4 unspecified atom stereocenters. The number of nitrogens with two attached hydrogens (primary N) is 1. The summed E-state index contributed by atoms with van der Waals surface area (Å²) in [6.07, 6.45) is -7.00. The van der Waals surface area contributed by atoms with E-state index in [1.54, 1.807) is 6.07 Å². The van der Waals surface area contributed by atoms with Crippen LogP contribution in [-0.2, 0) is 25.3 Å². The molecule has 1 saturated heterocycles. The van der Waals surface area contributed by atoms with Crippen LogP contribution in [0.3, 0.4) is 0 Å². The molecule has 55 heavy (non-hydrogen) atoms. The first-order valence-electron chi connectivity index (χ1n) is 17.1. The lowest BCUT2D eigenvalue weighted by molar-refractivity contribution is -0.165. The van der Waals surface area contributed by atoms with Gasteiger partial charge in [-0.2, -0.15) is 13.2 Å². The van der Waals surface area contributed by atoms with Gasteiger partial charge < -0.3 is 40.7 Å². The Morgan fingerprint density at radius 3 is 1.87 bits per heavy atom. The van der Waals surface area contributed by atoms with E-state index in [1.165, 1.54) is 42.8 Å². The number of aliphatic carboxylic acids is 2. The van der Waals surface area contributed by atoms with E-state index in [0.717, 1.165) is 56.3 Å². The zero-order chi connectivity index (χ0) is 38.7. The van der Waals surface area contributed by atoms with E-state index in [-0.39, 0.29) is 36.5 Å². The van der Waals surface area contributed by atoms with E-state index in [4.69, 9.17) is 30.9 Å². The molecular formula is C37H47Cl2F3N4O8S. The molecule has 12 nitrogen and oxygen atoms in total. The summed E-state index contributed by atoms with van der Waals surface area (Å²) in [6.45, 7) is 7.48. The Labute approximate surface area is 334 Å². The van der Waals surface area contributed by atoms with Crippen LogP contribution >= 0.6 is 36.6 Å². The summed E-state index contributed by atoms with van der Waals surface area (Å²) < 4.78 is 46.5. The summed E-state index contributed by atoms with van der Waals surface area (Å²) in [5, 5.41) is 32.5. The van der Waals surface area contributed by atoms with Crippen LogP contribution in [0, 0.1) is 0 Å². The van der Waals surface area contributed by atoms with Gasteiger partial charge in [-0.25, -0.2) is 9.59 Å². The molecular weight excluding hydrogens is 788 g/mol. The molecule has 6 N–H and O–H groups in total. The van der Waals surface area contributed by atoms with Crippen LogP contribution in [0.25, 0.3) is 0 Å². The van der Waals surface area contributed by atoms with Crippen LogP contribution in [-0.4, -0.2) is 119 Å².